The van der Waals surface area contributed by atoms with Crippen LogP contribution in [-0.4, -0.2) is 35.1 Å². The first-order valence-corrected chi connectivity index (χ1v) is 7.59. The van der Waals surface area contributed by atoms with E-state index in [2.05, 4.69) is 15.0 Å². The van der Waals surface area contributed by atoms with Crippen LogP contribution < -0.4 is 10.3 Å². The Bertz CT molecular complexity index is 1040. The molecular formula is C18H17N3O4. The number of H-pyrrole nitrogens is 1. The highest BCUT2D eigenvalue weighted by Crippen LogP contribution is 2.34. The van der Waals surface area contributed by atoms with Crippen molar-refractivity contribution >= 4 is 16.9 Å². The third kappa shape index (κ3) is 2.73. The zero-order valence-electron chi connectivity index (χ0n) is 14.3. The van der Waals surface area contributed by atoms with Crippen LogP contribution in [0.15, 0.2) is 29.3 Å². The van der Waals surface area contributed by atoms with Crippen LogP contribution in [0.3, 0.4) is 0 Å². The van der Waals surface area contributed by atoms with Gasteiger partial charge in [-0.2, -0.15) is 0 Å². The summed E-state index contributed by atoms with van der Waals surface area (Å²) in [5.74, 6) is 0.0634. The lowest BCUT2D eigenvalue weighted by Gasteiger charge is -2.15. The summed E-state index contributed by atoms with van der Waals surface area (Å²) in [5.41, 5.74) is 3.10. The molecule has 128 valence electrons. The van der Waals surface area contributed by atoms with Gasteiger partial charge in [-0.3, -0.25) is 4.79 Å². The number of pyridine rings is 1. The van der Waals surface area contributed by atoms with Crippen molar-refractivity contribution < 1.29 is 14.3 Å². The monoisotopic (exact) mass is 339 g/mol. The number of carbonyl (C=O) groups is 1. The number of fused-ring (bicyclic) bond motifs is 1. The van der Waals surface area contributed by atoms with E-state index < -0.39 is 5.97 Å². The Morgan fingerprint density at radius 3 is 2.64 bits per heavy atom. The number of nitrogens with one attached hydrogen (secondary N) is 1. The molecule has 0 fully saturated rings. The molecule has 0 unspecified atom stereocenters. The van der Waals surface area contributed by atoms with E-state index in [1.807, 2.05) is 26.0 Å². The highest BCUT2D eigenvalue weighted by molar-refractivity contribution is 5.98. The Morgan fingerprint density at radius 1 is 1.20 bits per heavy atom. The molecule has 0 saturated carbocycles. The average Bonchev–Trinajstić information content (AvgIpc) is 2.61. The predicted octanol–water partition coefficient (Wildman–Crippen LogP) is 2.40. The number of aryl methyl sites for hydroxylation is 1. The largest absolute Gasteiger partial charge is 0.496 e. The molecule has 0 amide bonds. The van der Waals surface area contributed by atoms with Gasteiger partial charge in [0.1, 0.15) is 17.0 Å². The van der Waals surface area contributed by atoms with Crippen molar-refractivity contribution in [2.45, 2.75) is 13.8 Å². The molecular weight excluding hydrogens is 322 g/mol. The van der Waals surface area contributed by atoms with Crippen molar-refractivity contribution in [3.63, 3.8) is 0 Å². The van der Waals surface area contributed by atoms with Crippen LogP contribution in [-0.2, 0) is 4.74 Å². The van der Waals surface area contributed by atoms with E-state index in [0.717, 1.165) is 16.7 Å². The van der Waals surface area contributed by atoms with E-state index in [0.29, 0.717) is 17.0 Å². The Hall–Kier alpha value is -3.22. The molecule has 7 nitrogen and oxygen atoms in total. The number of benzene rings is 1. The number of ether oxygens (including phenoxy) is 2. The number of esters is 1. The number of rotatable bonds is 3. The average molecular weight is 339 g/mol. The molecule has 2 aromatic heterocycles. The Kier molecular flexibility index (Phi) is 4.22. The number of nitrogens with zero attached hydrogens (tertiary/aromatic N) is 2. The summed E-state index contributed by atoms with van der Waals surface area (Å²) in [6.45, 7) is 3.82. The van der Waals surface area contributed by atoms with Crippen LogP contribution in [0.25, 0.3) is 22.2 Å². The highest BCUT2D eigenvalue weighted by Gasteiger charge is 2.20. The van der Waals surface area contributed by atoms with Crippen molar-refractivity contribution in [3.8, 4) is 17.0 Å². The summed E-state index contributed by atoms with van der Waals surface area (Å²) in [5, 5.41) is 0.273. The van der Waals surface area contributed by atoms with Crippen molar-refractivity contribution in [2.75, 3.05) is 14.2 Å². The lowest BCUT2D eigenvalue weighted by atomic mass is 9.97. The summed E-state index contributed by atoms with van der Waals surface area (Å²) in [6.07, 6.45) is 1.32. The number of aromatic nitrogens is 3. The van der Waals surface area contributed by atoms with Crippen molar-refractivity contribution in [1.82, 2.24) is 15.0 Å². The molecule has 1 aromatic carbocycles. The molecule has 0 radical (unpaired) electrons. The number of methoxy groups -OCH3 is 2. The van der Waals surface area contributed by atoms with Gasteiger partial charge in [0, 0.05) is 11.1 Å². The van der Waals surface area contributed by atoms with Gasteiger partial charge in [-0.05, 0) is 31.5 Å². The summed E-state index contributed by atoms with van der Waals surface area (Å²) < 4.78 is 10.2. The van der Waals surface area contributed by atoms with Crippen LogP contribution in [0.4, 0.5) is 0 Å². The molecule has 3 rings (SSSR count). The second-order valence-corrected chi connectivity index (χ2v) is 5.56. The number of hydrogen-bond donors (Lipinski definition) is 1. The molecule has 0 aliphatic rings. The van der Waals surface area contributed by atoms with Gasteiger partial charge in [0.05, 0.1) is 31.6 Å². The normalized spacial score (nSPS) is 10.7. The minimum atomic E-state index is -0.621. The molecule has 25 heavy (non-hydrogen) atoms. The highest BCUT2D eigenvalue weighted by atomic mass is 16.5. The zero-order chi connectivity index (χ0) is 18.1. The second-order valence-electron chi connectivity index (χ2n) is 5.56. The lowest BCUT2D eigenvalue weighted by Crippen LogP contribution is -2.12. The van der Waals surface area contributed by atoms with Gasteiger partial charge in [-0.25, -0.2) is 14.8 Å². The maximum atomic E-state index is 12.2. The molecule has 7 heteroatoms. The van der Waals surface area contributed by atoms with Crippen molar-refractivity contribution in [3.05, 3.63) is 51.7 Å². The van der Waals surface area contributed by atoms with Gasteiger partial charge < -0.3 is 14.5 Å². The van der Waals surface area contributed by atoms with Gasteiger partial charge in [-0.1, -0.05) is 6.07 Å². The number of carbonyl (C=O) groups excluding carboxylic acids is 1. The van der Waals surface area contributed by atoms with Crippen LogP contribution in [0.5, 0.6) is 5.75 Å². The van der Waals surface area contributed by atoms with E-state index >= 15 is 0 Å². The molecule has 1 N–H and O–H groups in total. The van der Waals surface area contributed by atoms with Crippen molar-refractivity contribution in [2.24, 2.45) is 0 Å². The smallest absolute Gasteiger partial charge is 0.356 e. The minimum Gasteiger partial charge on any atom is -0.496 e. The van der Waals surface area contributed by atoms with Crippen LogP contribution >= 0.6 is 0 Å². The molecule has 2 heterocycles. The maximum Gasteiger partial charge on any atom is 0.356 e. The SMILES string of the molecule is COC(=O)c1cc2c(=O)[nH]cnc2c(-c2c(C)ccc(OC)c2C)n1. The molecule has 0 aliphatic heterocycles. The Balaban J connectivity index is 2.46. The molecule has 0 bridgehead atoms. The molecule has 0 spiro atoms. The fraction of sp³-hybridized carbons (Fsp3) is 0.222. The zero-order valence-corrected chi connectivity index (χ0v) is 14.3. The Labute approximate surface area is 143 Å². The fourth-order valence-corrected chi connectivity index (χ4v) is 2.87. The molecule has 0 aliphatic carbocycles. The fourth-order valence-electron chi connectivity index (χ4n) is 2.87. The van der Waals surface area contributed by atoms with E-state index in [-0.39, 0.29) is 16.6 Å². The summed E-state index contributed by atoms with van der Waals surface area (Å²) in [6, 6.07) is 5.15. The van der Waals surface area contributed by atoms with Gasteiger partial charge in [-0.15, -0.1) is 0 Å². The van der Waals surface area contributed by atoms with Gasteiger partial charge in [0.2, 0.25) is 0 Å². The quantitative estimate of drug-likeness (QED) is 0.736. The first-order valence-electron chi connectivity index (χ1n) is 7.59. The number of aromatic amines is 1. The number of hydrogen-bond acceptors (Lipinski definition) is 6. The van der Waals surface area contributed by atoms with Crippen molar-refractivity contribution in [1.29, 1.82) is 0 Å². The topological polar surface area (TPSA) is 94.2 Å². The third-order valence-electron chi connectivity index (χ3n) is 4.10. The molecule has 0 saturated heterocycles. The summed E-state index contributed by atoms with van der Waals surface area (Å²) in [4.78, 5) is 35.4. The predicted molar refractivity (Wildman–Crippen MR) is 93.0 cm³/mol. The molecule has 0 atom stereocenters. The summed E-state index contributed by atoms with van der Waals surface area (Å²) in [7, 11) is 2.85. The van der Waals surface area contributed by atoms with E-state index in [1.165, 1.54) is 19.5 Å². The lowest BCUT2D eigenvalue weighted by molar-refractivity contribution is 0.0594. The molecule has 3 aromatic rings. The van der Waals surface area contributed by atoms with Gasteiger partial charge in [0.25, 0.3) is 5.56 Å². The van der Waals surface area contributed by atoms with E-state index in [9.17, 15) is 9.59 Å². The first-order chi connectivity index (χ1) is 12.0. The van der Waals surface area contributed by atoms with Crippen LogP contribution in [0, 0.1) is 13.8 Å². The van der Waals surface area contributed by atoms with E-state index in [4.69, 9.17) is 9.47 Å². The van der Waals surface area contributed by atoms with Gasteiger partial charge >= 0.3 is 5.97 Å². The van der Waals surface area contributed by atoms with Crippen LogP contribution in [0.1, 0.15) is 21.6 Å². The van der Waals surface area contributed by atoms with Crippen LogP contribution in [0.2, 0.25) is 0 Å². The van der Waals surface area contributed by atoms with E-state index in [1.54, 1.807) is 7.11 Å². The second kappa shape index (κ2) is 6.35. The summed E-state index contributed by atoms with van der Waals surface area (Å²) >= 11 is 0. The minimum absolute atomic E-state index is 0.0464. The first kappa shape index (κ1) is 16.6. The Morgan fingerprint density at radius 2 is 1.96 bits per heavy atom. The maximum absolute atomic E-state index is 12.2. The van der Waals surface area contributed by atoms with Gasteiger partial charge in [0.15, 0.2) is 0 Å². The third-order valence-corrected chi connectivity index (χ3v) is 4.10. The standard InChI is InChI=1S/C18H17N3O4/c1-9-5-6-13(24-3)10(2)14(9)16-15-11(17(22)20-8-19-15)7-12(21-16)18(23)25-4/h5-8H,1-4H3,(H,19,20,22).